The smallest absolute Gasteiger partial charge is 0.132 e. The third-order valence-corrected chi connectivity index (χ3v) is 7.52. The van der Waals surface area contributed by atoms with Crippen molar-refractivity contribution in [3.8, 4) is 5.75 Å². The molecule has 2 aliphatic carbocycles. The number of piperazine rings is 1. The molecule has 0 bridgehead atoms. The van der Waals surface area contributed by atoms with Gasteiger partial charge in [0, 0.05) is 49.0 Å². The van der Waals surface area contributed by atoms with Crippen LogP contribution in [-0.4, -0.2) is 57.9 Å². The Kier molecular flexibility index (Phi) is 6.06. The standard InChI is InChI=1S/C27H36N6O/c1-4-20-16-32(11-12-33(20)18(2)13-19-5-6-19)25-15-24(30-17-31-25)26(29)22-14-21(7-8-23(22)28)34-27(3)9-10-27/h4,7-8,14-15,17-20,29H,1,5-6,9-13,16,28H2,2-3H3. The van der Waals surface area contributed by atoms with Gasteiger partial charge in [0.15, 0.2) is 0 Å². The molecule has 2 saturated carbocycles. The van der Waals surface area contributed by atoms with E-state index in [2.05, 4.69) is 46.3 Å². The highest BCUT2D eigenvalue weighted by molar-refractivity contribution is 6.13. The van der Waals surface area contributed by atoms with E-state index in [4.69, 9.17) is 15.9 Å². The number of hydrogen-bond donors (Lipinski definition) is 2. The minimum Gasteiger partial charge on any atom is -0.488 e. The van der Waals surface area contributed by atoms with Crippen molar-refractivity contribution in [3.05, 3.63) is 54.5 Å². The maximum absolute atomic E-state index is 8.83. The summed E-state index contributed by atoms with van der Waals surface area (Å²) >= 11 is 0. The second-order valence-corrected chi connectivity index (χ2v) is 10.5. The summed E-state index contributed by atoms with van der Waals surface area (Å²) < 4.78 is 6.09. The summed E-state index contributed by atoms with van der Waals surface area (Å²) in [6.07, 6.45) is 9.77. The van der Waals surface area contributed by atoms with Gasteiger partial charge >= 0.3 is 0 Å². The molecule has 1 aromatic heterocycles. The van der Waals surface area contributed by atoms with Crippen molar-refractivity contribution < 1.29 is 4.74 Å². The predicted molar refractivity (Wildman–Crippen MR) is 137 cm³/mol. The highest BCUT2D eigenvalue weighted by Crippen LogP contribution is 2.40. The van der Waals surface area contributed by atoms with Gasteiger partial charge in [-0.15, -0.1) is 6.58 Å². The summed E-state index contributed by atoms with van der Waals surface area (Å²) in [7, 11) is 0. The van der Waals surface area contributed by atoms with E-state index in [-0.39, 0.29) is 17.4 Å². The molecule has 3 fully saturated rings. The fourth-order valence-corrected chi connectivity index (χ4v) is 4.93. The summed E-state index contributed by atoms with van der Waals surface area (Å²) in [5, 5.41) is 8.83. The minimum absolute atomic E-state index is 0.0857. The van der Waals surface area contributed by atoms with E-state index in [1.807, 2.05) is 24.3 Å². The maximum atomic E-state index is 8.83. The van der Waals surface area contributed by atoms with Crippen molar-refractivity contribution in [2.24, 2.45) is 5.92 Å². The van der Waals surface area contributed by atoms with Crippen LogP contribution in [0.1, 0.15) is 57.2 Å². The monoisotopic (exact) mass is 460 g/mol. The van der Waals surface area contributed by atoms with Gasteiger partial charge in [0.1, 0.15) is 23.5 Å². The Labute approximate surface area is 202 Å². The van der Waals surface area contributed by atoms with Crippen molar-refractivity contribution in [1.29, 1.82) is 5.41 Å². The van der Waals surface area contributed by atoms with Crippen LogP contribution in [0.5, 0.6) is 5.75 Å². The van der Waals surface area contributed by atoms with Gasteiger partial charge in [0.05, 0.1) is 11.4 Å². The SMILES string of the molecule is C=CC1CN(c2cc(C(=N)c3cc(OC4(C)CC4)ccc3N)ncn2)CCN1C(C)CC1CC1. The fourth-order valence-electron chi connectivity index (χ4n) is 4.93. The Bertz CT molecular complexity index is 1080. The molecule has 1 aromatic carbocycles. The van der Waals surface area contributed by atoms with Crippen LogP contribution in [0.4, 0.5) is 11.5 Å². The number of aromatic nitrogens is 2. The summed E-state index contributed by atoms with van der Waals surface area (Å²) in [4.78, 5) is 13.8. The molecule has 2 aromatic rings. The van der Waals surface area contributed by atoms with Crippen molar-refractivity contribution >= 4 is 17.2 Å². The molecular formula is C27H36N6O. The van der Waals surface area contributed by atoms with Crippen LogP contribution in [0.3, 0.4) is 0 Å². The van der Waals surface area contributed by atoms with Crippen LogP contribution in [0.2, 0.25) is 0 Å². The van der Waals surface area contributed by atoms with E-state index in [1.165, 1.54) is 19.3 Å². The van der Waals surface area contributed by atoms with Gasteiger partial charge in [-0.1, -0.05) is 18.9 Å². The van der Waals surface area contributed by atoms with Gasteiger partial charge in [-0.3, -0.25) is 10.3 Å². The second kappa shape index (κ2) is 9.02. The number of anilines is 2. The van der Waals surface area contributed by atoms with Gasteiger partial charge in [-0.2, -0.15) is 0 Å². The Morgan fingerprint density at radius 2 is 2.09 bits per heavy atom. The first-order valence-corrected chi connectivity index (χ1v) is 12.5. The lowest BCUT2D eigenvalue weighted by molar-refractivity contribution is 0.144. The molecule has 2 unspecified atom stereocenters. The number of nitrogens with zero attached hydrogens (tertiary/aromatic N) is 4. The highest BCUT2D eigenvalue weighted by atomic mass is 16.5. The summed E-state index contributed by atoms with van der Waals surface area (Å²) in [6.45, 7) is 11.3. The summed E-state index contributed by atoms with van der Waals surface area (Å²) in [5.41, 5.74) is 8.18. The highest BCUT2D eigenvalue weighted by Gasteiger charge is 2.40. The molecule has 1 aliphatic heterocycles. The molecule has 0 radical (unpaired) electrons. The van der Waals surface area contributed by atoms with Crippen LogP contribution < -0.4 is 15.4 Å². The first-order valence-electron chi connectivity index (χ1n) is 12.5. The van der Waals surface area contributed by atoms with E-state index < -0.39 is 0 Å². The number of nitrogens with two attached hydrogens (primary N) is 1. The molecule has 0 spiro atoms. The van der Waals surface area contributed by atoms with Crippen LogP contribution in [0.25, 0.3) is 0 Å². The summed E-state index contributed by atoms with van der Waals surface area (Å²) in [5.74, 6) is 2.50. The van der Waals surface area contributed by atoms with E-state index >= 15 is 0 Å². The van der Waals surface area contributed by atoms with Crippen molar-refractivity contribution in [3.63, 3.8) is 0 Å². The Hall–Kier alpha value is -2.93. The number of ether oxygens (including phenoxy) is 1. The zero-order valence-corrected chi connectivity index (χ0v) is 20.3. The Morgan fingerprint density at radius 1 is 1.29 bits per heavy atom. The quantitative estimate of drug-likeness (QED) is 0.330. The third kappa shape index (κ3) is 4.94. The average molecular weight is 461 g/mol. The topological polar surface area (TPSA) is 91.4 Å². The second-order valence-electron chi connectivity index (χ2n) is 10.5. The van der Waals surface area contributed by atoms with E-state index in [9.17, 15) is 0 Å². The maximum Gasteiger partial charge on any atom is 0.132 e. The van der Waals surface area contributed by atoms with Crippen molar-refractivity contribution in [2.45, 2.75) is 63.6 Å². The van der Waals surface area contributed by atoms with Gasteiger partial charge in [0.25, 0.3) is 0 Å². The Balaban J connectivity index is 1.31. The molecule has 1 saturated heterocycles. The fraction of sp³-hybridized carbons (Fsp3) is 0.519. The molecule has 3 aliphatic rings. The predicted octanol–water partition coefficient (Wildman–Crippen LogP) is 4.27. The van der Waals surface area contributed by atoms with Crippen molar-refractivity contribution in [1.82, 2.24) is 14.9 Å². The third-order valence-electron chi connectivity index (χ3n) is 7.52. The molecule has 5 rings (SSSR count). The van der Waals surface area contributed by atoms with E-state index in [0.29, 0.717) is 23.0 Å². The number of nitrogens with one attached hydrogen (secondary N) is 1. The average Bonchev–Trinajstić information content (AvgIpc) is 3.78. The number of nitrogen functional groups attached to an aromatic ring is 1. The van der Waals surface area contributed by atoms with E-state index in [1.54, 1.807) is 6.33 Å². The van der Waals surface area contributed by atoms with Gasteiger partial charge < -0.3 is 15.4 Å². The van der Waals surface area contributed by atoms with Crippen molar-refractivity contribution in [2.75, 3.05) is 30.3 Å². The lowest BCUT2D eigenvalue weighted by Gasteiger charge is -2.43. The molecule has 34 heavy (non-hydrogen) atoms. The zero-order chi connectivity index (χ0) is 23.9. The number of hydrogen-bond acceptors (Lipinski definition) is 7. The lowest BCUT2D eigenvalue weighted by atomic mass is 10.0. The van der Waals surface area contributed by atoms with Gasteiger partial charge in [-0.05, 0) is 57.2 Å². The van der Waals surface area contributed by atoms with E-state index in [0.717, 1.165) is 50.0 Å². The molecule has 2 atom stereocenters. The molecule has 2 heterocycles. The number of rotatable bonds is 9. The van der Waals surface area contributed by atoms with Crippen LogP contribution in [0, 0.1) is 11.3 Å². The minimum atomic E-state index is -0.0857. The van der Waals surface area contributed by atoms with Crippen LogP contribution >= 0.6 is 0 Å². The summed E-state index contributed by atoms with van der Waals surface area (Å²) in [6, 6.07) is 8.30. The first kappa shape index (κ1) is 22.8. The zero-order valence-electron chi connectivity index (χ0n) is 20.3. The van der Waals surface area contributed by atoms with Gasteiger partial charge in [-0.25, -0.2) is 9.97 Å². The molecule has 0 amide bonds. The molecule has 7 nitrogen and oxygen atoms in total. The largest absolute Gasteiger partial charge is 0.488 e. The van der Waals surface area contributed by atoms with Crippen LogP contribution in [-0.2, 0) is 0 Å². The van der Waals surface area contributed by atoms with Crippen LogP contribution in [0.15, 0.2) is 43.2 Å². The van der Waals surface area contributed by atoms with Gasteiger partial charge in [0.2, 0.25) is 0 Å². The molecule has 7 heteroatoms. The molecular weight excluding hydrogens is 424 g/mol. The first-order chi connectivity index (χ1) is 16.3. The Morgan fingerprint density at radius 3 is 2.79 bits per heavy atom. The normalized spacial score (nSPS) is 22.8. The molecule has 180 valence electrons. The lowest BCUT2D eigenvalue weighted by Crippen LogP contribution is -2.55. The number of benzene rings is 1. The molecule has 3 N–H and O–H groups in total.